The van der Waals surface area contributed by atoms with Crippen LogP contribution in [0.2, 0.25) is 0 Å². The van der Waals surface area contributed by atoms with E-state index in [1.54, 1.807) is 7.11 Å². The van der Waals surface area contributed by atoms with Crippen molar-refractivity contribution in [1.29, 1.82) is 0 Å². The Bertz CT molecular complexity index is 862. The first kappa shape index (κ1) is 18.3. The molecule has 0 aromatic heterocycles. The first-order chi connectivity index (χ1) is 13.6. The largest absolute Gasteiger partial charge is 0.497 e. The lowest BCUT2D eigenvalue weighted by Gasteiger charge is -2.16. The molecular formula is C22H25N3O3. The summed E-state index contributed by atoms with van der Waals surface area (Å²) < 4.78 is 5.26. The van der Waals surface area contributed by atoms with Crippen LogP contribution >= 0.6 is 0 Å². The molecule has 1 aliphatic carbocycles. The molecule has 0 spiro atoms. The average molecular weight is 379 g/mol. The molecule has 6 nitrogen and oxygen atoms in total. The molecule has 4 rings (SSSR count). The zero-order chi connectivity index (χ0) is 19.5. The van der Waals surface area contributed by atoms with Crippen molar-refractivity contribution in [1.82, 2.24) is 10.2 Å². The van der Waals surface area contributed by atoms with Crippen molar-refractivity contribution in [3.05, 3.63) is 48.5 Å². The van der Waals surface area contributed by atoms with Crippen molar-refractivity contribution in [2.45, 2.75) is 25.3 Å². The Hall–Kier alpha value is -3.02. The Morgan fingerprint density at radius 1 is 1.14 bits per heavy atom. The molecule has 3 amide bonds. The summed E-state index contributed by atoms with van der Waals surface area (Å²) in [6.07, 6.45) is 2.78. The second-order valence-corrected chi connectivity index (χ2v) is 7.49. The summed E-state index contributed by atoms with van der Waals surface area (Å²) in [6, 6.07) is 15.7. The van der Waals surface area contributed by atoms with Crippen molar-refractivity contribution in [2.24, 2.45) is 5.92 Å². The predicted octanol–water partition coefficient (Wildman–Crippen LogP) is 3.49. The number of hydrogen-bond acceptors (Lipinski definition) is 3. The van der Waals surface area contributed by atoms with Gasteiger partial charge in [0.05, 0.1) is 7.11 Å². The number of likely N-dealkylation sites (tertiary alicyclic amines) is 1. The Balaban J connectivity index is 1.28. The van der Waals surface area contributed by atoms with Gasteiger partial charge in [-0.3, -0.25) is 4.79 Å². The number of anilines is 1. The monoisotopic (exact) mass is 379 g/mol. The number of urea groups is 1. The van der Waals surface area contributed by atoms with Crippen LogP contribution in [-0.4, -0.2) is 43.1 Å². The molecule has 0 unspecified atom stereocenters. The smallest absolute Gasteiger partial charge is 0.319 e. The minimum atomic E-state index is -0.244. The van der Waals surface area contributed by atoms with Crippen LogP contribution in [0.15, 0.2) is 48.5 Å². The van der Waals surface area contributed by atoms with Gasteiger partial charge in [-0.1, -0.05) is 24.3 Å². The summed E-state index contributed by atoms with van der Waals surface area (Å²) in [5, 5.41) is 5.74. The van der Waals surface area contributed by atoms with Crippen LogP contribution < -0.4 is 15.4 Å². The Kier molecular flexibility index (Phi) is 5.19. The molecule has 2 aromatic carbocycles. The van der Waals surface area contributed by atoms with Crippen LogP contribution in [0.5, 0.6) is 5.75 Å². The molecule has 0 radical (unpaired) electrons. The summed E-state index contributed by atoms with van der Waals surface area (Å²) in [6.45, 7) is 1.28. The summed E-state index contributed by atoms with van der Waals surface area (Å²) in [5.74, 6) is 1.24. The highest BCUT2D eigenvalue weighted by atomic mass is 16.5. The maximum Gasteiger partial charge on any atom is 0.319 e. The van der Waals surface area contributed by atoms with Gasteiger partial charge in [0.25, 0.3) is 0 Å². The van der Waals surface area contributed by atoms with E-state index in [-0.39, 0.29) is 17.9 Å². The Morgan fingerprint density at radius 2 is 1.93 bits per heavy atom. The molecule has 2 aliphatic rings. The number of hydrogen-bond donors (Lipinski definition) is 2. The lowest BCUT2D eigenvalue weighted by Crippen LogP contribution is -2.34. The molecule has 2 fully saturated rings. The van der Waals surface area contributed by atoms with Gasteiger partial charge in [-0.25, -0.2) is 4.79 Å². The topological polar surface area (TPSA) is 70.7 Å². The molecule has 1 aliphatic heterocycles. The molecule has 6 heteroatoms. The molecule has 0 bridgehead atoms. The lowest BCUT2D eigenvalue weighted by atomic mass is 10.1. The third-order valence-corrected chi connectivity index (χ3v) is 5.32. The first-order valence-electron chi connectivity index (χ1n) is 9.71. The zero-order valence-corrected chi connectivity index (χ0v) is 16.0. The van der Waals surface area contributed by atoms with E-state index < -0.39 is 0 Å². The van der Waals surface area contributed by atoms with Gasteiger partial charge in [-0.15, -0.1) is 0 Å². The van der Waals surface area contributed by atoms with Crippen LogP contribution in [0.3, 0.4) is 0 Å². The van der Waals surface area contributed by atoms with Gasteiger partial charge in [0.15, 0.2) is 0 Å². The Morgan fingerprint density at radius 3 is 2.64 bits per heavy atom. The number of rotatable bonds is 6. The summed E-state index contributed by atoms with van der Waals surface area (Å²) in [7, 11) is 1.65. The molecule has 146 valence electrons. The maximum atomic E-state index is 12.2. The highest BCUT2D eigenvalue weighted by molar-refractivity contribution is 5.89. The number of carbonyl (C=O) groups is 2. The maximum absolute atomic E-state index is 12.2. The molecular weight excluding hydrogens is 354 g/mol. The quantitative estimate of drug-likeness (QED) is 0.807. The summed E-state index contributed by atoms with van der Waals surface area (Å²) in [4.78, 5) is 26.1. The molecule has 2 aromatic rings. The summed E-state index contributed by atoms with van der Waals surface area (Å²) in [5.41, 5.74) is 2.84. The highest BCUT2D eigenvalue weighted by Gasteiger charge is 2.39. The molecule has 28 heavy (non-hydrogen) atoms. The van der Waals surface area contributed by atoms with Crippen molar-refractivity contribution in [2.75, 3.05) is 25.5 Å². The van der Waals surface area contributed by atoms with Crippen molar-refractivity contribution >= 4 is 17.6 Å². The zero-order valence-electron chi connectivity index (χ0n) is 16.0. The van der Waals surface area contributed by atoms with Gasteiger partial charge in [0, 0.05) is 37.2 Å². The second kappa shape index (κ2) is 7.92. The highest BCUT2D eigenvalue weighted by Crippen LogP contribution is 2.32. The fourth-order valence-corrected chi connectivity index (χ4v) is 3.65. The van der Waals surface area contributed by atoms with E-state index in [0.717, 1.165) is 42.0 Å². The van der Waals surface area contributed by atoms with Crippen LogP contribution in [0.25, 0.3) is 11.1 Å². The van der Waals surface area contributed by atoms with Crippen molar-refractivity contribution in [3.8, 4) is 16.9 Å². The lowest BCUT2D eigenvalue weighted by molar-refractivity contribution is -0.128. The number of methoxy groups -OCH3 is 1. The van der Waals surface area contributed by atoms with Crippen LogP contribution in [-0.2, 0) is 4.79 Å². The molecule has 1 saturated carbocycles. The normalized spacial score (nSPS) is 18.8. The number of amides is 3. The molecule has 1 atom stereocenters. The van der Waals surface area contributed by atoms with Crippen LogP contribution in [0, 0.1) is 5.92 Å². The SMILES string of the molecule is COc1cccc(-c2ccc(NC(=O)NC[C@H]3CC(=O)N(C4CC4)C3)cc2)c1. The predicted molar refractivity (Wildman–Crippen MR) is 108 cm³/mol. The second-order valence-electron chi connectivity index (χ2n) is 7.49. The van der Waals surface area contributed by atoms with Crippen LogP contribution in [0.1, 0.15) is 19.3 Å². The van der Waals surface area contributed by atoms with Gasteiger partial charge >= 0.3 is 6.03 Å². The number of ether oxygens (including phenoxy) is 1. The minimum absolute atomic E-state index is 0.203. The van der Waals surface area contributed by atoms with E-state index in [9.17, 15) is 9.59 Å². The third-order valence-electron chi connectivity index (χ3n) is 5.32. The van der Waals surface area contributed by atoms with E-state index in [4.69, 9.17) is 4.74 Å². The number of nitrogens with zero attached hydrogens (tertiary/aromatic N) is 1. The van der Waals surface area contributed by atoms with Gasteiger partial charge in [0.2, 0.25) is 5.91 Å². The minimum Gasteiger partial charge on any atom is -0.497 e. The number of carbonyl (C=O) groups excluding carboxylic acids is 2. The standard InChI is InChI=1S/C22H25N3O3/c1-28-20-4-2-3-17(12-20)16-5-7-18(8-6-16)24-22(27)23-13-15-11-21(26)25(14-15)19-9-10-19/h2-8,12,15,19H,9-11,13-14H2,1H3,(H2,23,24,27)/t15-/m1/s1. The first-order valence-corrected chi connectivity index (χ1v) is 9.71. The van der Waals surface area contributed by atoms with E-state index in [1.165, 1.54) is 0 Å². The van der Waals surface area contributed by atoms with E-state index in [0.29, 0.717) is 19.0 Å². The molecule has 2 N–H and O–H groups in total. The van der Waals surface area contributed by atoms with Gasteiger partial charge in [-0.2, -0.15) is 0 Å². The fourth-order valence-electron chi connectivity index (χ4n) is 3.65. The van der Waals surface area contributed by atoms with Gasteiger partial charge in [-0.05, 0) is 48.2 Å². The van der Waals surface area contributed by atoms with Gasteiger partial charge in [0.1, 0.15) is 5.75 Å². The third kappa shape index (κ3) is 4.27. The van der Waals surface area contributed by atoms with Gasteiger partial charge < -0.3 is 20.3 Å². The molecule has 1 heterocycles. The Labute approximate surface area is 164 Å². The van der Waals surface area contributed by atoms with Crippen LogP contribution in [0.4, 0.5) is 10.5 Å². The fraction of sp³-hybridized carbons (Fsp3) is 0.364. The van der Waals surface area contributed by atoms with E-state index in [1.807, 2.05) is 53.4 Å². The number of nitrogens with one attached hydrogen (secondary N) is 2. The van der Waals surface area contributed by atoms with Crippen molar-refractivity contribution < 1.29 is 14.3 Å². The van der Waals surface area contributed by atoms with E-state index >= 15 is 0 Å². The average Bonchev–Trinajstić information content (AvgIpc) is 3.49. The molecule has 1 saturated heterocycles. The van der Waals surface area contributed by atoms with Crippen molar-refractivity contribution in [3.63, 3.8) is 0 Å². The number of benzene rings is 2. The van der Waals surface area contributed by atoms with E-state index in [2.05, 4.69) is 10.6 Å². The summed E-state index contributed by atoms with van der Waals surface area (Å²) >= 11 is 0.